The van der Waals surface area contributed by atoms with Gasteiger partial charge >= 0.3 is 0 Å². The molecule has 1 N–H and O–H groups in total. The number of nitrogens with zero attached hydrogens (tertiary/aromatic N) is 1. The van der Waals surface area contributed by atoms with Gasteiger partial charge in [0.1, 0.15) is 11.6 Å². The Morgan fingerprint density at radius 3 is 2.61 bits per heavy atom. The largest absolute Gasteiger partial charge is 0.491 e. The van der Waals surface area contributed by atoms with Crippen LogP contribution in [0.25, 0.3) is 11.3 Å². The molecule has 18 heavy (non-hydrogen) atoms. The molecule has 0 amide bonds. The van der Waals surface area contributed by atoms with Gasteiger partial charge < -0.3 is 9.72 Å². The zero-order valence-corrected chi connectivity index (χ0v) is 11.6. The van der Waals surface area contributed by atoms with Crippen molar-refractivity contribution in [2.45, 2.75) is 26.4 Å². The first-order valence-corrected chi connectivity index (χ1v) is 6.74. The molecule has 2 aromatic rings. The Morgan fingerprint density at radius 1 is 1.28 bits per heavy atom. The third-order valence-corrected chi connectivity index (χ3v) is 2.74. The van der Waals surface area contributed by atoms with Crippen LogP contribution in [0.1, 0.15) is 19.7 Å². The number of rotatable bonds is 5. The fraction of sp³-hybridized carbons (Fsp3) is 0.357. The van der Waals surface area contributed by atoms with Crippen molar-refractivity contribution in [2.75, 3.05) is 5.75 Å². The number of H-pyrrole nitrogens is 1. The summed E-state index contributed by atoms with van der Waals surface area (Å²) in [6, 6.07) is 8.04. The van der Waals surface area contributed by atoms with Crippen LogP contribution in [0.15, 0.2) is 30.5 Å². The van der Waals surface area contributed by atoms with Gasteiger partial charge in [0.2, 0.25) is 0 Å². The normalized spacial score (nSPS) is 10.9. The Morgan fingerprint density at radius 2 is 2.00 bits per heavy atom. The van der Waals surface area contributed by atoms with E-state index in [4.69, 9.17) is 4.74 Å². The van der Waals surface area contributed by atoms with Crippen LogP contribution in [0.3, 0.4) is 0 Å². The summed E-state index contributed by atoms with van der Waals surface area (Å²) in [6.07, 6.45) is 2.92. The van der Waals surface area contributed by atoms with Crippen LogP contribution < -0.4 is 4.74 Å². The number of hydrogen-bond donors (Lipinski definition) is 2. The Kier molecular flexibility index (Phi) is 4.31. The Balaban J connectivity index is 2.12. The predicted octanol–water partition coefficient (Wildman–Crippen LogP) is 3.34. The number of aryl methyl sites for hydroxylation is 1. The highest BCUT2D eigenvalue weighted by Gasteiger charge is 2.03. The molecule has 0 fully saturated rings. The standard InChI is InChI=1S/C14H18N2OS/c1-10(2)17-12-5-3-11(4-6-12)13-9-15-14(16-13)7-8-18/h3-6,9-10,18H,7-8H2,1-2H3,(H,15,16). The average Bonchev–Trinajstić information content (AvgIpc) is 2.78. The molecule has 0 saturated heterocycles. The lowest BCUT2D eigenvalue weighted by molar-refractivity contribution is 0.242. The molecular weight excluding hydrogens is 244 g/mol. The maximum Gasteiger partial charge on any atom is 0.119 e. The quantitative estimate of drug-likeness (QED) is 0.811. The minimum atomic E-state index is 0.199. The highest BCUT2D eigenvalue weighted by molar-refractivity contribution is 7.80. The van der Waals surface area contributed by atoms with Crippen molar-refractivity contribution in [1.29, 1.82) is 0 Å². The number of imidazole rings is 1. The summed E-state index contributed by atoms with van der Waals surface area (Å²) in [5.41, 5.74) is 2.15. The molecule has 0 unspecified atom stereocenters. The first kappa shape index (κ1) is 13.0. The van der Waals surface area contributed by atoms with E-state index in [1.807, 2.05) is 44.3 Å². The fourth-order valence-corrected chi connectivity index (χ4v) is 1.94. The van der Waals surface area contributed by atoms with Gasteiger partial charge in [-0.2, -0.15) is 12.6 Å². The second-order valence-electron chi connectivity index (χ2n) is 4.41. The van der Waals surface area contributed by atoms with Gasteiger partial charge in [0.05, 0.1) is 18.0 Å². The van der Waals surface area contributed by atoms with Crippen molar-refractivity contribution in [3.05, 3.63) is 36.3 Å². The van der Waals surface area contributed by atoms with Crippen LogP contribution in [0.5, 0.6) is 5.75 Å². The van der Waals surface area contributed by atoms with Crippen LogP contribution in [0, 0.1) is 0 Å². The molecule has 0 radical (unpaired) electrons. The van der Waals surface area contributed by atoms with E-state index in [0.29, 0.717) is 0 Å². The fourth-order valence-electron chi connectivity index (χ4n) is 1.73. The summed E-state index contributed by atoms with van der Waals surface area (Å²) in [6.45, 7) is 4.04. The highest BCUT2D eigenvalue weighted by atomic mass is 32.1. The van der Waals surface area contributed by atoms with E-state index in [9.17, 15) is 0 Å². The van der Waals surface area contributed by atoms with Gasteiger partial charge in [-0.3, -0.25) is 0 Å². The van der Waals surface area contributed by atoms with E-state index in [0.717, 1.165) is 35.0 Å². The summed E-state index contributed by atoms with van der Waals surface area (Å²) in [7, 11) is 0. The lowest BCUT2D eigenvalue weighted by Gasteiger charge is -2.09. The van der Waals surface area contributed by atoms with Gasteiger partial charge in [0, 0.05) is 6.42 Å². The lowest BCUT2D eigenvalue weighted by Crippen LogP contribution is -2.05. The molecule has 0 atom stereocenters. The Bertz CT molecular complexity index is 491. The molecule has 0 bridgehead atoms. The summed E-state index contributed by atoms with van der Waals surface area (Å²) >= 11 is 4.20. The van der Waals surface area contributed by atoms with Gasteiger partial charge in [-0.1, -0.05) is 0 Å². The SMILES string of the molecule is CC(C)Oc1ccc(-c2cnc(CCS)[nH]2)cc1. The van der Waals surface area contributed by atoms with E-state index in [1.54, 1.807) is 0 Å². The van der Waals surface area contributed by atoms with Crippen LogP contribution in [0.4, 0.5) is 0 Å². The Hall–Kier alpha value is -1.42. The molecule has 2 rings (SSSR count). The summed E-state index contributed by atoms with van der Waals surface area (Å²) in [5, 5.41) is 0. The first-order chi connectivity index (χ1) is 8.69. The number of benzene rings is 1. The molecule has 0 spiro atoms. The molecule has 4 heteroatoms. The maximum absolute atomic E-state index is 5.61. The Labute approximate surface area is 113 Å². The first-order valence-electron chi connectivity index (χ1n) is 6.11. The maximum atomic E-state index is 5.61. The second kappa shape index (κ2) is 5.96. The molecule has 0 saturated carbocycles. The highest BCUT2D eigenvalue weighted by Crippen LogP contribution is 2.21. The number of nitrogens with one attached hydrogen (secondary N) is 1. The van der Waals surface area contributed by atoms with E-state index < -0.39 is 0 Å². The zero-order chi connectivity index (χ0) is 13.0. The molecule has 1 aromatic carbocycles. The third kappa shape index (κ3) is 3.29. The average molecular weight is 262 g/mol. The summed E-state index contributed by atoms with van der Waals surface area (Å²) in [4.78, 5) is 7.61. The molecule has 96 valence electrons. The van der Waals surface area contributed by atoms with Crippen LogP contribution in [-0.4, -0.2) is 21.8 Å². The second-order valence-corrected chi connectivity index (χ2v) is 4.86. The predicted molar refractivity (Wildman–Crippen MR) is 77.3 cm³/mol. The molecule has 1 heterocycles. The van der Waals surface area contributed by atoms with E-state index in [-0.39, 0.29) is 6.10 Å². The molecule has 0 aliphatic carbocycles. The van der Waals surface area contributed by atoms with Gasteiger partial charge in [-0.05, 0) is 49.4 Å². The zero-order valence-electron chi connectivity index (χ0n) is 10.7. The minimum Gasteiger partial charge on any atom is -0.491 e. The van der Waals surface area contributed by atoms with Crippen LogP contribution in [-0.2, 0) is 6.42 Å². The number of aromatic amines is 1. The van der Waals surface area contributed by atoms with Gasteiger partial charge in [0.25, 0.3) is 0 Å². The molecule has 0 aliphatic heterocycles. The number of ether oxygens (including phenoxy) is 1. The van der Waals surface area contributed by atoms with Crippen molar-refractivity contribution in [1.82, 2.24) is 9.97 Å². The van der Waals surface area contributed by atoms with E-state index in [1.165, 1.54) is 0 Å². The van der Waals surface area contributed by atoms with Crippen molar-refractivity contribution in [3.63, 3.8) is 0 Å². The summed E-state index contributed by atoms with van der Waals surface area (Å²) < 4.78 is 5.61. The van der Waals surface area contributed by atoms with E-state index >= 15 is 0 Å². The third-order valence-electron chi connectivity index (χ3n) is 2.51. The van der Waals surface area contributed by atoms with Crippen LogP contribution >= 0.6 is 12.6 Å². The molecular formula is C14H18N2OS. The van der Waals surface area contributed by atoms with Crippen molar-refractivity contribution in [2.24, 2.45) is 0 Å². The van der Waals surface area contributed by atoms with Crippen molar-refractivity contribution in [3.8, 4) is 17.0 Å². The lowest BCUT2D eigenvalue weighted by atomic mass is 10.1. The molecule has 0 aliphatic rings. The van der Waals surface area contributed by atoms with Gasteiger partial charge in [-0.25, -0.2) is 4.98 Å². The van der Waals surface area contributed by atoms with E-state index in [2.05, 4.69) is 22.6 Å². The van der Waals surface area contributed by atoms with Gasteiger partial charge in [-0.15, -0.1) is 0 Å². The topological polar surface area (TPSA) is 37.9 Å². The minimum absolute atomic E-state index is 0.199. The van der Waals surface area contributed by atoms with Crippen molar-refractivity contribution < 1.29 is 4.74 Å². The monoisotopic (exact) mass is 262 g/mol. The smallest absolute Gasteiger partial charge is 0.119 e. The summed E-state index contributed by atoms with van der Waals surface area (Å²) in [5.74, 6) is 2.67. The van der Waals surface area contributed by atoms with Crippen LogP contribution in [0.2, 0.25) is 0 Å². The number of aromatic nitrogens is 2. The molecule has 1 aromatic heterocycles. The van der Waals surface area contributed by atoms with Crippen molar-refractivity contribution >= 4 is 12.6 Å². The van der Waals surface area contributed by atoms with Gasteiger partial charge in [0.15, 0.2) is 0 Å². The number of hydrogen-bond acceptors (Lipinski definition) is 3. The number of thiol groups is 1. The molecule has 3 nitrogen and oxygen atoms in total.